The highest BCUT2D eigenvalue weighted by Gasteiger charge is 2.39. The van der Waals surface area contributed by atoms with Gasteiger partial charge in [-0.1, -0.05) is 12.1 Å². The van der Waals surface area contributed by atoms with E-state index in [1.54, 1.807) is 0 Å². The average Bonchev–Trinajstić information content (AvgIpc) is 2.99. The Kier molecular flexibility index (Phi) is 1.38. The van der Waals surface area contributed by atoms with Crippen LogP contribution in [-0.2, 0) is 6.37 Å². The van der Waals surface area contributed by atoms with E-state index < -0.39 is 6.37 Å². The second-order valence-corrected chi connectivity index (χ2v) is 4.02. The van der Waals surface area contributed by atoms with Crippen molar-refractivity contribution < 1.29 is 7.48 Å². The van der Waals surface area contributed by atoms with Crippen LogP contribution in [0.1, 0.15) is 26.2 Å². The van der Waals surface area contributed by atoms with Crippen molar-refractivity contribution in [3.8, 4) is 5.75 Å². The van der Waals surface area contributed by atoms with Gasteiger partial charge in [-0.2, -0.15) is 0 Å². The highest BCUT2D eigenvalue weighted by atomic mass is 16.5. The molecule has 1 fully saturated rings. The molecule has 1 heterocycles. The third kappa shape index (κ3) is 1.14. The van der Waals surface area contributed by atoms with E-state index in [1.807, 2.05) is 18.2 Å². The summed E-state index contributed by atoms with van der Waals surface area (Å²) in [6, 6.07) is 5.82. The maximum Gasteiger partial charge on any atom is 0.122 e. The summed E-state index contributed by atoms with van der Waals surface area (Å²) in [6.07, 6.45) is -0.253. The Morgan fingerprint density at radius 1 is 1.57 bits per heavy atom. The Morgan fingerprint density at radius 3 is 3.29 bits per heavy atom. The molecular formula is C12H15NO. The van der Waals surface area contributed by atoms with Crippen LogP contribution in [0.2, 0.25) is 0 Å². The molecule has 0 aromatic heterocycles. The number of ether oxygens (including phenoxy) is 1. The van der Waals surface area contributed by atoms with Crippen LogP contribution in [-0.4, -0.2) is 13.2 Å². The minimum atomic E-state index is -1.34. The smallest absolute Gasteiger partial charge is 0.122 e. The zero-order valence-corrected chi connectivity index (χ0v) is 7.99. The zero-order valence-electron chi connectivity index (χ0n) is 9.99. The highest BCUT2D eigenvalue weighted by Crippen LogP contribution is 2.49. The minimum Gasteiger partial charge on any atom is -0.493 e. The Morgan fingerprint density at radius 2 is 2.50 bits per heavy atom. The molecule has 14 heavy (non-hydrogen) atoms. The van der Waals surface area contributed by atoms with Crippen LogP contribution in [0.3, 0.4) is 0 Å². The summed E-state index contributed by atoms with van der Waals surface area (Å²) < 4.78 is 21.3. The molecule has 0 spiro atoms. The molecule has 1 aromatic carbocycles. The zero-order chi connectivity index (χ0) is 11.3. The molecule has 1 saturated carbocycles. The summed E-state index contributed by atoms with van der Waals surface area (Å²) in [5.74, 6) is 1.68. The molecule has 0 radical (unpaired) electrons. The minimum absolute atomic E-state index is 0.138. The fourth-order valence-electron chi connectivity index (χ4n) is 2.24. The van der Waals surface area contributed by atoms with Crippen molar-refractivity contribution >= 4 is 0 Å². The van der Waals surface area contributed by atoms with Crippen molar-refractivity contribution in [1.82, 2.24) is 0 Å². The molecule has 0 amide bonds. The van der Waals surface area contributed by atoms with Crippen LogP contribution < -0.4 is 10.5 Å². The molecule has 0 saturated heterocycles. The molecule has 1 aliphatic heterocycles. The van der Waals surface area contributed by atoms with Gasteiger partial charge in [-0.25, -0.2) is 0 Å². The fourth-order valence-corrected chi connectivity index (χ4v) is 2.24. The maximum absolute atomic E-state index is 7.96. The lowest BCUT2D eigenvalue weighted by atomic mass is 10.00. The normalized spacial score (nSPS) is 34.1. The SMILES string of the molecule is [2H]C1([2H])COc2cccc([C@@H]3C[C@H]3CN)c21. The van der Waals surface area contributed by atoms with E-state index in [-0.39, 0.29) is 6.61 Å². The first-order chi connectivity index (χ1) is 7.63. The summed E-state index contributed by atoms with van der Waals surface area (Å²) in [7, 11) is 0. The summed E-state index contributed by atoms with van der Waals surface area (Å²) in [6.45, 7) is 0.831. The van der Waals surface area contributed by atoms with Gasteiger partial charge in [0.1, 0.15) is 5.75 Å². The van der Waals surface area contributed by atoms with Crippen LogP contribution >= 0.6 is 0 Å². The van der Waals surface area contributed by atoms with Crippen LogP contribution in [0.25, 0.3) is 0 Å². The monoisotopic (exact) mass is 191 g/mol. The van der Waals surface area contributed by atoms with Crippen LogP contribution in [0.15, 0.2) is 18.2 Å². The summed E-state index contributed by atoms with van der Waals surface area (Å²) in [4.78, 5) is 0. The average molecular weight is 191 g/mol. The molecule has 2 aliphatic rings. The van der Waals surface area contributed by atoms with Crippen LogP contribution in [0.4, 0.5) is 0 Å². The molecule has 2 atom stereocenters. The lowest BCUT2D eigenvalue weighted by Crippen LogP contribution is -2.02. The lowest BCUT2D eigenvalue weighted by Gasteiger charge is -2.05. The predicted octanol–water partition coefficient (Wildman–Crippen LogP) is 1.68. The summed E-state index contributed by atoms with van der Waals surface area (Å²) >= 11 is 0. The van der Waals surface area contributed by atoms with E-state index in [4.69, 9.17) is 13.2 Å². The second-order valence-electron chi connectivity index (χ2n) is 4.02. The van der Waals surface area contributed by atoms with Crippen molar-refractivity contribution in [1.29, 1.82) is 0 Å². The van der Waals surface area contributed by atoms with E-state index in [0.717, 1.165) is 17.5 Å². The molecule has 3 rings (SSSR count). The van der Waals surface area contributed by atoms with Gasteiger partial charge in [-0.3, -0.25) is 0 Å². The van der Waals surface area contributed by atoms with E-state index in [0.29, 0.717) is 24.1 Å². The van der Waals surface area contributed by atoms with Crippen molar-refractivity contribution in [2.45, 2.75) is 18.7 Å². The van der Waals surface area contributed by atoms with E-state index in [9.17, 15) is 0 Å². The van der Waals surface area contributed by atoms with Gasteiger partial charge in [-0.05, 0) is 36.4 Å². The Labute approximate surface area is 86.9 Å². The van der Waals surface area contributed by atoms with Crippen LogP contribution in [0, 0.1) is 5.92 Å². The number of fused-ring (bicyclic) bond motifs is 1. The van der Waals surface area contributed by atoms with Gasteiger partial charge in [0.2, 0.25) is 0 Å². The first kappa shape index (κ1) is 6.46. The number of hydrogen-bond acceptors (Lipinski definition) is 2. The fraction of sp³-hybridized carbons (Fsp3) is 0.500. The predicted molar refractivity (Wildman–Crippen MR) is 55.5 cm³/mol. The summed E-state index contributed by atoms with van der Waals surface area (Å²) in [5.41, 5.74) is 7.52. The molecule has 2 heteroatoms. The maximum atomic E-state index is 7.96. The number of nitrogens with two attached hydrogens (primary N) is 1. The second kappa shape index (κ2) is 2.99. The van der Waals surface area contributed by atoms with Gasteiger partial charge in [0.15, 0.2) is 0 Å². The van der Waals surface area contributed by atoms with Gasteiger partial charge in [-0.15, -0.1) is 0 Å². The molecule has 74 valence electrons. The number of benzene rings is 1. The van der Waals surface area contributed by atoms with Gasteiger partial charge in [0.25, 0.3) is 0 Å². The largest absolute Gasteiger partial charge is 0.493 e. The summed E-state index contributed by atoms with van der Waals surface area (Å²) in [5, 5.41) is 0. The Bertz CT molecular complexity index is 433. The third-order valence-electron chi connectivity index (χ3n) is 3.16. The van der Waals surface area contributed by atoms with Gasteiger partial charge >= 0.3 is 0 Å². The molecule has 1 aromatic rings. The topological polar surface area (TPSA) is 35.2 Å². The highest BCUT2D eigenvalue weighted by molar-refractivity contribution is 5.46. The molecule has 1 aliphatic carbocycles. The third-order valence-corrected chi connectivity index (χ3v) is 3.16. The van der Waals surface area contributed by atoms with E-state index >= 15 is 0 Å². The van der Waals surface area contributed by atoms with Gasteiger partial charge in [0.05, 0.1) is 6.61 Å². The first-order valence-corrected chi connectivity index (χ1v) is 5.10. The Balaban J connectivity index is 2.04. The number of rotatable bonds is 2. The van der Waals surface area contributed by atoms with E-state index in [2.05, 4.69) is 0 Å². The van der Waals surface area contributed by atoms with Crippen LogP contribution in [0.5, 0.6) is 5.75 Å². The van der Waals surface area contributed by atoms with Crippen molar-refractivity contribution in [2.24, 2.45) is 11.7 Å². The molecule has 0 bridgehead atoms. The molecule has 2 N–H and O–H groups in total. The molecular weight excluding hydrogens is 174 g/mol. The van der Waals surface area contributed by atoms with Gasteiger partial charge in [0, 0.05) is 14.7 Å². The van der Waals surface area contributed by atoms with Crippen molar-refractivity contribution in [2.75, 3.05) is 13.2 Å². The number of hydrogen-bond donors (Lipinski definition) is 1. The van der Waals surface area contributed by atoms with Gasteiger partial charge < -0.3 is 10.5 Å². The molecule has 0 unspecified atom stereocenters. The first-order valence-electron chi connectivity index (χ1n) is 6.10. The van der Waals surface area contributed by atoms with Crippen molar-refractivity contribution in [3.05, 3.63) is 29.3 Å². The lowest BCUT2D eigenvalue weighted by molar-refractivity contribution is 0.357. The standard InChI is InChI=1S/C12H15NO/c13-7-8-6-11(8)9-2-1-3-12-10(9)4-5-14-12/h1-3,8,11H,4-7,13H2/t8-,11+/m0/s1/i4D2. The molecule has 2 nitrogen and oxygen atoms in total. The quantitative estimate of drug-likeness (QED) is 0.772. The van der Waals surface area contributed by atoms with E-state index in [1.165, 1.54) is 0 Å². The van der Waals surface area contributed by atoms with Crippen molar-refractivity contribution in [3.63, 3.8) is 0 Å². The Hall–Kier alpha value is -1.02.